The highest BCUT2D eigenvalue weighted by molar-refractivity contribution is 6.03. The Balaban J connectivity index is 2.34. The quantitative estimate of drug-likeness (QED) is 0.181. The zero-order chi connectivity index (χ0) is 27.5. The molecule has 1 aliphatic rings. The van der Waals surface area contributed by atoms with Crippen molar-refractivity contribution in [1.29, 1.82) is 0 Å². The van der Waals surface area contributed by atoms with Gasteiger partial charge >= 0.3 is 12.4 Å². The van der Waals surface area contributed by atoms with Gasteiger partial charge in [0.2, 0.25) is 0 Å². The molecule has 0 saturated heterocycles. The monoisotopic (exact) mass is 528 g/mol. The molecule has 2 rings (SSSR count). The number of amidine groups is 2. The maximum absolute atomic E-state index is 13.4. The lowest BCUT2D eigenvalue weighted by Crippen LogP contribution is -2.38. The Bertz CT molecular complexity index is 1080. The van der Waals surface area contributed by atoms with E-state index in [2.05, 4.69) is 20.6 Å². The predicted molar refractivity (Wildman–Crippen MR) is 134 cm³/mol. The van der Waals surface area contributed by atoms with E-state index in [1.54, 1.807) is 0 Å². The fraction of sp³-hybridized carbons (Fsp3) is 0.360. The van der Waals surface area contributed by atoms with Crippen LogP contribution < -0.4 is 22.1 Å². The molecule has 0 bridgehead atoms. The molecule has 0 saturated carbocycles. The molecule has 202 valence electrons. The third-order valence-corrected chi connectivity index (χ3v) is 5.11. The number of benzene rings is 1. The van der Waals surface area contributed by atoms with Crippen molar-refractivity contribution in [2.24, 2.45) is 21.5 Å². The maximum atomic E-state index is 13.4. The van der Waals surface area contributed by atoms with Gasteiger partial charge in [0.15, 0.2) is 0 Å². The highest BCUT2D eigenvalue weighted by Crippen LogP contribution is 2.32. The summed E-state index contributed by atoms with van der Waals surface area (Å²) in [5.74, 6) is 0.749. The summed E-state index contributed by atoms with van der Waals surface area (Å²) in [5, 5.41) is 6.29. The predicted octanol–water partition coefficient (Wildman–Crippen LogP) is 5.59. The van der Waals surface area contributed by atoms with Crippen LogP contribution in [0.1, 0.15) is 38.2 Å². The van der Waals surface area contributed by atoms with Crippen molar-refractivity contribution in [3.63, 3.8) is 0 Å². The number of hydrogen-bond acceptors (Lipinski definition) is 5. The number of halogens is 6. The third kappa shape index (κ3) is 10.2. The van der Waals surface area contributed by atoms with E-state index in [0.717, 1.165) is 56.1 Å². The van der Waals surface area contributed by atoms with E-state index >= 15 is 0 Å². The van der Waals surface area contributed by atoms with Crippen molar-refractivity contribution in [2.75, 3.05) is 13.1 Å². The molecule has 1 aromatic carbocycles. The zero-order valence-corrected chi connectivity index (χ0v) is 20.3. The molecule has 0 spiro atoms. The van der Waals surface area contributed by atoms with Crippen molar-refractivity contribution < 1.29 is 26.3 Å². The van der Waals surface area contributed by atoms with Crippen LogP contribution in [-0.2, 0) is 6.18 Å². The summed E-state index contributed by atoms with van der Waals surface area (Å²) in [4.78, 5) is 8.78. The molecule has 1 aromatic rings. The maximum Gasteiger partial charge on any atom is 0.416 e. The second-order valence-corrected chi connectivity index (χ2v) is 8.13. The number of nitrogens with two attached hydrogens (primary N) is 2. The van der Waals surface area contributed by atoms with Crippen LogP contribution in [0.3, 0.4) is 0 Å². The van der Waals surface area contributed by atoms with Crippen LogP contribution in [0.2, 0.25) is 0 Å². The highest BCUT2D eigenvalue weighted by Gasteiger charge is 2.33. The molecular formula is C25H30F6N6. The van der Waals surface area contributed by atoms with Crippen molar-refractivity contribution >= 4 is 17.4 Å². The van der Waals surface area contributed by atoms with Gasteiger partial charge in [-0.15, -0.1) is 0 Å². The first kappa shape index (κ1) is 29.7. The lowest BCUT2D eigenvalue weighted by Gasteiger charge is -2.21. The van der Waals surface area contributed by atoms with E-state index in [0.29, 0.717) is 18.1 Å². The minimum Gasteiger partial charge on any atom is -0.405 e. The first-order valence-electron chi connectivity index (χ1n) is 11.5. The first-order valence-corrected chi connectivity index (χ1v) is 11.5. The Morgan fingerprint density at radius 1 is 1.14 bits per heavy atom. The Morgan fingerprint density at radius 3 is 2.41 bits per heavy atom. The Labute approximate surface area is 211 Å². The van der Waals surface area contributed by atoms with Gasteiger partial charge in [0.05, 0.1) is 17.8 Å². The van der Waals surface area contributed by atoms with Gasteiger partial charge in [0, 0.05) is 24.1 Å². The van der Waals surface area contributed by atoms with Crippen LogP contribution in [0.5, 0.6) is 0 Å². The molecule has 0 radical (unpaired) electrons. The number of hydrogen-bond donors (Lipinski definition) is 4. The van der Waals surface area contributed by atoms with Gasteiger partial charge < -0.3 is 22.1 Å². The third-order valence-electron chi connectivity index (χ3n) is 5.11. The molecule has 0 amide bonds. The average molecular weight is 529 g/mol. The average Bonchev–Trinajstić information content (AvgIpc) is 2.82. The van der Waals surface area contributed by atoms with E-state index in [1.165, 1.54) is 18.2 Å². The van der Waals surface area contributed by atoms with Crippen molar-refractivity contribution in [3.05, 3.63) is 77.3 Å². The van der Waals surface area contributed by atoms with Gasteiger partial charge in [-0.25, -0.2) is 9.98 Å². The number of aliphatic imine (C=N–C) groups is 2. The SMILES string of the molecule is CCCCNCC1=NC(=Nc2ccc(C(F)(F)F)cc2)C/C(=C\C(=C/N)C/C(=C\C=C/N)C(F)(F)F)N1. The second-order valence-electron chi connectivity index (χ2n) is 8.13. The number of nitrogens with one attached hydrogen (secondary N) is 2. The van der Waals surface area contributed by atoms with Gasteiger partial charge in [-0.1, -0.05) is 19.4 Å². The number of unbranched alkanes of at least 4 members (excludes halogenated alkanes) is 1. The van der Waals surface area contributed by atoms with Crippen LogP contribution >= 0.6 is 0 Å². The lowest BCUT2D eigenvalue weighted by atomic mass is 10.0. The van der Waals surface area contributed by atoms with E-state index < -0.39 is 29.9 Å². The molecule has 6 nitrogen and oxygen atoms in total. The number of rotatable bonds is 10. The van der Waals surface area contributed by atoms with Crippen LogP contribution in [0.15, 0.2) is 81.7 Å². The van der Waals surface area contributed by atoms with Gasteiger partial charge in [0.25, 0.3) is 0 Å². The van der Waals surface area contributed by atoms with Crippen LogP contribution in [0, 0.1) is 0 Å². The largest absolute Gasteiger partial charge is 0.416 e. The molecule has 0 unspecified atom stereocenters. The van der Waals surface area contributed by atoms with Gasteiger partial charge in [-0.2, -0.15) is 26.3 Å². The highest BCUT2D eigenvalue weighted by atomic mass is 19.4. The fourth-order valence-electron chi connectivity index (χ4n) is 3.27. The van der Waals surface area contributed by atoms with E-state index in [-0.39, 0.29) is 23.5 Å². The smallest absolute Gasteiger partial charge is 0.405 e. The summed E-state index contributed by atoms with van der Waals surface area (Å²) in [5.41, 5.74) is 10.1. The number of nitrogens with zero attached hydrogens (tertiary/aromatic N) is 2. The zero-order valence-electron chi connectivity index (χ0n) is 20.3. The molecule has 0 fully saturated rings. The molecule has 37 heavy (non-hydrogen) atoms. The summed E-state index contributed by atoms with van der Waals surface area (Å²) in [7, 11) is 0. The van der Waals surface area contributed by atoms with Gasteiger partial charge in [-0.05, 0) is 67.4 Å². The molecule has 0 atom stereocenters. The van der Waals surface area contributed by atoms with Crippen LogP contribution in [0.4, 0.5) is 32.0 Å². The van der Waals surface area contributed by atoms with Gasteiger partial charge in [0.1, 0.15) is 11.7 Å². The minimum atomic E-state index is -4.59. The summed E-state index contributed by atoms with van der Waals surface area (Å²) < 4.78 is 78.9. The minimum absolute atomic E-state index is 0.102. The molecule has 1 heterocycles. The van der Waals surface area contributed by atoms with E-state index in [9.17, 15) is 26.3 Å². The van der Waals surface area contributed by atoms with E-state index in [1.807, 2.05) is 6.92 Å². The summed E-state index contributed by atoms with van der Waals surface area (Å²) in [6.45, 7) is 3.10. The second kappa shape index (κ2) is 13.7. The first-order chi connectivity index (χ1) is 17.5. The Morgan fingerprint density at radius 2 is 1.84 bits per heavy atom. The summed E-state index contributed by atoms with van der Waals surface area (Å²) >= 11 is 0. The Hall–Kier alpha value is -3.54. The number of alkyl halides is 6. The normalized spacial score (nSPS) is 18.0. The molecule has 0 aromatic heterocycles. The van der Waals surface area contributed by atoms with Crippen LogP contribution in [0.25, 0.3) is 0 Å². The molecular weight excluding hydrogens is 498 g/mol. The fourth-order valence-corrected chi connectivity index (χ4v) is 3.27. The van der Waals surface area contributed by atoms with Gasteiger partial charge in [-0.3, -0.25) is 0 Å². The molecule has 0 aliphatic carbocycles. The summed E-state index contributed by atoms with van der Waals surface area (Å²) in [6, 6.07) is 4.30. The topological polar surface area (TPSA) is 101 Å². The molecule has 1 aliphatic heterocycles. The van der Waals surface area contributed by atoms with E-state index in [4.69, 9.17) is 11.5 Å². The molecule has 6 N–H and O–H groups in total. The number of allylic oxidation sites excluding steroid dienone is 5. The summed E-state index contributed by atoms with van der Waals surface area (Å²) in [6.07, 6.45) is -2.01. The standard InChI is InChI=1S/C25H30F6N6/c1-2-3-11-34-16-23-36-21(13-17(15-33)12-19(5-4-10-32)25(29,30)31)14-22(37-23)35-20-8-6-18(7-9-20)24(26,27)28/h4-10,13,15,34H,2-3,11-12,14,16,32-33H2,1H3,(H,35,36,37)/b10-4-,17-15-,19-5+,21-13+. The van der Waals surface area contributed by atoms with Crippen molar-refractivity contribution in [2.45, 2.75) is 45.0 Å². The lowest BCUT2D eigenvalue weighted by molar-refractivity contribution is -0.137. The van der Waals surface area contributed by atoms with Crippen molar-refractivity contribution in [3.8, 4) is 0 Å². The Kier molecular flexibility index (Phi) is 11.0. The molecule has 12 heteroatoms. The van der Waals surface area contributed by atoms with Crippen molar-refractivity contribution in [1.82, 2.24) is 10.6 Å². The van der Waals surface area contributed by atoms with Crippen LogP contribution in [-0.4, -0.2) is 30.9 Å².